The molecule has 3 heterocycles. The van der Waals surface area contributed by atoms with E-state index in [2.05, 4.69) is 15.4 Å². The van der Waals surface area contributed by atoms with Crippen LogP contribution in [-0.2, 0) is 22.7 Å². The molecule has 156 valence electrons. The molecule has 0 bridgehead atoms. The number of aromatic amines is 1. The molecule has 1 fully saturated rings. The molecule has 4 aromatic rings. The quantitative estimate of drug-likeness (QED) is 0.507. The number of fused-ring (bicyclic) bond motifs is 1. The molecule has 7 nitrogen and oxygen atoms in total. The minimum atomic E-state index is -0.487. The first-order valence-corrected chi connectivity index (χ1v) is 10.4. The van der Waals surface area contributed by atoms with Gasteiger partial charge < -0.3 is 15.2 Å². The maximum absolute atomic E-state index is 13.0. The van der Waals surface area contributed by atoms with Crippen molar-refractivity contribution in [3.63, 3.8) is 0 Å². The average molecular weight is 413 g/mol. The van der Waals surface area contributed by atoms with Gasteiger partial charge in [0.25, 0.3) is 0 Å². The first-order chi connectivity index (χ1) is 15.2. The molecular formula is C24H23N5O2. The van der Waals surface area contributed by atoms with Gasteiger partial charge in [0.1, 0.15) is 6.04 Å². The zero-order chi connectivity index (χ0) is 21.2. The number of amides is 2. The van der Waals surface area contributed by atoms with Crippen LogP contribution in [-0.4, -0.2) is 37.5 Å². The molecule has 1 unspecified atom stereocenters. The van der Waals surface area contributed by atoms with Crippen molar-refractivity contribution < 1.29 is 9.59 Å². The summed E-state index contributed by atoms with van der Waals surface area (Å²) in [5.41, 5.74) is 3.80. The van der Waals surface area contributed by atoms with E-state index in [9.17, 15) is 9.59 Å². The van der Waals surface area contributed by atoms with Crippen molar-refractivity contribution in [3.8, 4) is 0 Å². The number of hydrogen-bond donors (Lipinski definition) is 2. The number of benzene rings is 2. The van der Waals surface area contributed by atoms with Crippen LogP contribution in [0.15, 0.2) is 73.2 Å². The Kier molecular flexibility index (Phi) is 5.00. The van der Waals surface area contributed by atoms with Crippen molar-refractivity contribution in [2.75, 3.05) is 5.32 Å². The minimum absolute atomic E-state index is 0.00482. The number of H-pyrrole nitrogens is 1. The van der Waals surface area contributed by atoms with Gasteiger partial charge in [0.15, 0.2) is 0 Å². The maximum Gasteiger partial charge on any atom is 0.247 e. The van der Waals surface area contributed by atoms with Crippen molar-refractivity contribution >= 4 is 28.4 Å². The number of likely N-dealkylation sites (tertiary alicyclic amines) is 1. The third kappa shape index (κ3) is 3.94. The maximum atomic E-state index is 13.0. The predicted octanol–water partition coefficient (Wildman–Crippen LogP) is 3.54. The molecule has 1 saturated heterocycles. The van der Waals surface area contributed by atoms with E-state index < -0.39 is 6.04 Å². The van der Waals surface area contributed by atoms with Gasteiger partial charge in [-0.3, -0.25) is 14.3 Å². The summed E-state index contributed by atoms with van der Waals surface area (Å²) in [6, 6.07) is 17.5. The largest absolute Gasteiger partial charge is 0.361 e. The van der Waals surface area contributed by atoms with Gasteiger partial charge in [-0.1, -0.05) is 48.5 Å². The summed E-state index contributed by atoms with van der Waals surface area (Å²) in [6.45, 7) is 1.04. The fraction of sp³-hybridized carbons (Fsp3) is 0.208. The van der Waals surface area contributed by atoms with Crippen LogP contribution < -0.4 is 5.32 Å². The van der Waals surface area contributed by atoms with Crippen LogP contribution in [0, 0.1) is 0 Å². The average Bonchev–Trinajstić information content (AvgIpc) is 3.49. The zero-order valence-corrected chi connectivity index (χ0v) is 17.0. The second kappa shape index (κ2) is 8.10. The lowest BCUT2D eigenvalue weighted by atomic mass is 10.1. The van der Waals surface area contributed by atoms with E-state index in [4.69, 9.17) is 0 Å². The fourth-order valence-corrected chi connectivity index (χ4v) is 4.16. The highest BCUT2D eigenvalue weighted by atomic mass is 16.2. The van der Waals surface area contributed by atoms with Gasteiger partial charge in [0.05, 0.1) is 18.4 Å². The highest BCUT2D eigenvalue weighted by molar-refractivity contribution is 5.99. The molecule has 2 N–H and O–H groups in total. The monoisotopic (exact) mass is 413 g/mol. The first-order valence-electron chi connectivity index (χ1n) is 10.4. The van der Waals surface area contributed by atoms with E-state index in [0.29, 0.717) is 31.6 Å². The molecule has 1 aliphatic heterocycles. The van der Waals surface area contributed by atoms with Crippen LogP contribution in [0.3, 0.4) is 0 Å². The third-order valence-corrected chi connectivity index (χ3v) is 5.73. The second-order valence-electron chi connectivity index (χ2n) is 7.84. The summed E-state index contributed by atoms with van der Waals surface area (Å²) in [5.74, 6) is -0.171. The van der Waals surface area contributed by atoms with Crippen LogP contribution >= 0.6 is 0 Å². The molecule has 31 heavy (non-hydrogen) atoms. The number of rotatable bonds is 6. The first kappa shape index (κ1) is 19.1. The molecule has 2 amide bonds. The molecule has 2 aromatic carbocycles. The smallest absolute Gasteiger partial charge is 0.247 e. The van der Waals surface area contributed by atoms with Crippen LogP contribution in [0.25, 0.3) is 10.9 Å². The van der Waals surface area contributed by atoms with Crippen molar-refractivity contribution in [2.45, 2.75) is 32.0 Å². The number of para-hydroxylation sites is 1. The molecule has 1 atom stereocenters. The highest BCUT2D eigenvalue weighted by Gasteiger charge is 2.36. The molecule has 0 spiro atoms. The molecular weight excluding hydrogens is 390 g/mol. The lowest BCUT2D eigenvalue weighted by molar-refractivity contribution is -0.133. The number of aromatic nitrogens is 3. The summed E-state index contributed by atoms with van der Waals surface area (Å²) in [7, 11) is 0. The number of carbonyl (C=O) groups is 2. The van der Waals surface area contributed by atoms with Crippen LogP contribution in [0.5, 0.6) is 0 Å². The molecule has 1 aliphatic rings. The van der Waals surface area contributed by atoms with E-state index in [0.717, 1.165) is 22.0 Å². The molecule has 0 radical (unpaired) electrons. The Morgan fingerprint density at radius 2 is 1.90 bits per heavy atom. The van der Waals surface area contributed by atoms with Crippen molar-refractivity contribution in [1.82, 2.24) is 19.7 Å². The van der Waals surface area contributed by atoms with Gasteiger partial charge in [0, 0.05) is 36.3 Å². The normalized spacial score (nSPS) is 16.2. The third-order valence-electron chi connectivity index (χ3n) is 5.73. The standard InChI is InChI=1S/C24H23N5O2/c30-23-11-10-22(29(23)15-18-12-25-21-9-5-4-8-20(18)21)24(31)27-19-13-26-28(16-19)14-17-6-2-1-3-7-17/h1-9,12-13,16,22,25H,10-11,14-15H2,(H,27,31). The Bertz CT molecular complexity index is 1230. The topological polar surface area (TPSA) is 83.0 Å². The van der Waals surface area contributed by atoms with Crippen LogP contribution in [0.1, 0.15) is 24.0 Å². The summed E-state index contributed by atoms with van der Waals surface area (Å²) < 4.78 is 1.79. The minimum Gasteiger partial charge on any atom is -0.361 e. The van der Waals surface area contributed by atoms with Gasteiger partial charge in [0.2, 0.25) is 11.8 Å². The van der Waals surface area contributed by atoms with Crippen molar-refractivity contribution in [3.05, 3.63) is 84.3 Å². The molecule has 7 heteroatoms. The lowest BCUT2D eigenvalue weighted by Gasteiger charge is -2.23. The van der Waals surface area contributed by atoms with Crippen molar-refractivity contribution in [2.24, 2.45) is 0 Å². The molecule has 5 rings (SSSR count). The predicted molar refractivity (Wildman–Crippen MR) is 118 cm³/mol. The van der Waals surface area contributed by atoms with Gasteiger partial charge in [-0.2, -0.15) is 5.10 Å². The van der Waals surface area contributed by atoms with E-state index in [1.165, 1.54) is 0 Å². The van der Waals surface area contributed by atoms with Gasteiger partial charge in [-0.25, -0.2) is 0 Å². The number of hydrogen-bond acceptors (Lipinski definition) is 3. The Morgan fingerprint density at radius 1 is 1.10 bits per heavy atom. The van der Waals surface area contributed by atoms with Crippen molar-refractivity contribution in [1.29, 1.82) is 0 Å². The lowest BCUT2D eigenvalue weighted by Crippen LogP contribution is -2.41. The Morgan fingerprint density at radius 3 is 2.77 bits per heavy atom. The fourth-order valence-electron chi connectivity index (χ4n) is 4.16. The van der Waals surface area contributed by atoms with E-state index in [1.807, 2.05) is 67.0 Å². The number of anilines is 1. The SMILES string of the molecule is O=C(Nc1cnn(Cc2ccccc2)c1)C1CCC(=O)N1Cc1c[nH]c2ccccc12. The summed E-state index contributed by atoms with van der Waals surface area (Å²) in [6.07, 6.45) is 6.27. The number of nitrogens with one attached hydrogen (secondary N) is 2. The summed E-state index contributed by atoms with van der Waals surface area (Å²) in [4.78, 5) is 30.4. The molecule has 0 aliphatic carbocycles. The van der Waals surface area contributed by atoms with Gasteiger partial charge >= 0.3 is 0 Å². The number of carbonyl (C=O) groups excluding carboxylic acids is 2. The van der Waals surface area contributed by atoms with E-state index in [1.54, 1.807) is 15.8 Å². The summed E-state index contributed by atoms with van der Waals surface area (Å²) >= 11 is 0. The highest BCUT2D eigenvalue weighted by Crippen LogP contribution is 2.26. The Labute approximate surface area is 179 Å². The van der Waals surface area contributed by atoms with Crippen LogP contribution in [0.4, 0.5) is 5.69 Å². The molecule has 0 saturated carbocycles. The van der Waals surface area contributed by atoms with Gasteiger partial charge in [-0.15, -0.1) is 0 Å². The zero-order valence-electron chi connectivity index (χ0n) is 17.0. The second-order valence-corrected chi connectivity index (χ2v) is 7.84. The Hall–Kier alpha value is -3.87. The van der Waals surface area contributed by atoms with E-state index in [-0.39, 0.29) is 11.8 Å². The summed E-state index contributed by atoms with van der Waals surface area (Å²) in [5, 5.41) is 8.34. The Balaban J connectivity index is 1.28. The van der Waals surface area contributed by atoms with E-state index >= 15 is 0 Å². The molecule has 2 aromatic heterocycles. The van der Waals surface area contributed by atoms with Gasteiger partial charge in [-0.05, 0) is 23.6 Å². The number of nitrogens with zero attached hydrogens (tertiary/aromatic N) is 3. The van der Waals surface area contributed by atoms with Crippen LogP contribution in [0.2, 0.25) is 0 Å².